The van der Waals surface area contributed by atoms with E-state index in [9.17, 15) is 14.4 Å². The van der Waals surface area contributed by atoms with Crippen molar-refractivity contribution in [3.8, 4) is 0 Å². The van der Waals surface area contributed by atoms with Gasteiger partial charge in [0.15, 0.2) is 0 Å². The van der Waals surface area contributed by atoms with E-state index in [1.807, 2.05) is 91.0 Å². The molecule has 6 rings (SSSR count). The Kier molecular flexibility index (Phi) is 9.27. The molecule has 44 heavy (non-hydrogen) atoms. The molecule has 1 aliphatic heterocycles. The summed E-state index contributed by atoms with van der Waals surface area (Å²) in [6.07, 6.45) is 6.45. The second-order valence-electron chi connectivity index (χ2n) is 11.9. The molecule has 0 spiro atoms. The third-order valence-electron chi connectivity index (χ3n) is 8.91. The third-order valence-corrected chi connectivity index (χ3v) is 9.16. The molecule has 1 saturated carbocycles. The van der Waals surface area contributed by atoms with Crippen LogP contribution in [0, 0.1) is 0 Å². The first-order valence-electron chi connectivity index (χ1n) is 15.7. The summed E-state index contributed by atoms with van der Waals surface area (Å²) in [5.74, 6) is -0.252. The van der Waals surface area contributed by atoms with Crippen molar-refractivity contribution >= 4 is 45.8 Å². The highest BCUT2D eigenvalue weighted by Gasteiger charge is 2.33. The summed E-state index contributed by atoms with van der Waals surface area (Å²) in [6, 6.07) is 28.5. The molecule has 226 valence electrons. The van der Waals surface area contributed by atoms with Crippen LogP contribution < -0.4 is 10.2 Å². The van der Waals surface area contributed by atoms with Crippen molar-refractivity contribution in [3.05, 3.63) is 113 Å². The molecule has 1 heterocycles. The fourth-order valence-corrected chi connectivity index (χ4v) is 6.74. The summed E-state index contributed by atoms with van der Waals surface area (Å²) in [4.78, 5) is 44.9. The summed E-state index contributed by atoms with van der Waals surface area (Å²) < 4.78 is 0. The van der Waals surface area contributed by atoms with Crippen LogP contribution in [0.3, 0.4) is 0 Å². The number of rotatable bonds is 11. The number of hydrogen-bond acceptors (Lipinski definition) is 3. The lowest BCUT2D eigenvalue weighted by Gasteiger charge is -2.33. The molecule has 2 aliphatic rings. The molecule has 1 unspecified atom stereocenters. The number of amides is 3. The van der Waals surface area contributed by atoms with Crippen LogP contribution in [0.25, 0.3) is 10.8 Å². The topological polar surface area (TPSA) is 69.7 Å². The van der Waals surface area contributed by atoms with Crippen LogP contribution in [-0.4, -0.2) is 41.2 Å². The van der Waals surface area contributed by atoms with Gasteiger partial charge in [-0.15, -0.1) is 0 Å². The average molecular weight is 608 g/mol. The van der Waals surface area contributed by atoms with Crippen molar-refractivity contribution in [1.82, 2.24) is 10.2 Å². The molecule has 0 aromatic heterocycles. The zero-order valence-electron chi connectivity index (χ0n) is 24.9. The van der Waals surface area contributed by atoms with Gasteiger partial charge < -0.3 is 15.1 Å². The minimum atomic E-state index is -0.672. The first-order chi connectivity index (χ1) is 21.5. The van der Waals surface area contributed by atoms with Crippen LogP contribution in [0.5, 0.6) is 0 Å². The lowest BCUT2D eigenvalue weighted by atomic mass is 9.94. The molecule has 4 aromatic carbocycles. The van der Waals surface area contributed by atoms with Gasteiger partial charge in [0.25, 0.3) is 5.91 Å². The molecule has 7 heteroatoms. The monoisotopic (exact) mass is 607 g/mol. The van der Waals surface area contributed by atoms with Crippen molar-refractivity contribution in [2.45, 2.75) is 70.0 Å². The van der Waals surface area contributed by atoms with Gasteiger partial charge in [0.05, 0.1) is 5.69 Å². The van der Waals surface area contributed by atoms with Gasteiger partial charge in [-0.05, 0) is 60.0 Å². The van der Waals surface area contributed by atoms with E-state index in [4.69, 9.17) is 11.6 Å². The van der Waals surface area contributed by atoms with Crippen molar-refractivity contribution in [2.75, 3.05) is 11.4 Å². The summed E-state index contributed by atoms with van der Waals surface area (Å²) in [6.45, 7) is 0.712. The maximum absolute atomic E-state index is 14.1. The first-order valence-corrected chi connectivity index (χ1v) is 16.1. The number of benzene rings is 4. The number of carbonyl (C=O) groups is 3. The lowest BCUT2D eigenvalue weighted by molar-refractivity contribution is -0.141. The highest BCUT2D eigenvalue weighted by molar-refractivity contribution is 6.30. The van der Waals surface area contributed by atoms with E-state index in [-0.39, 0.29) is 30.2 Å². The van der Waals surface area contributed by atoms with Crippen molar-refractivity contribution in [3.63, 3.8) is 0 Å². The van der Waals surface area contributed by atoms with E-state index in [1.165, 1.54) is 6.42 Å². The Bertz CT molecular complexity index is 1630. The summed E-state index contributed by atoms with van der Waals surface area (Å²) in [7, 11) is 0. The third kappa shape index (κ3) is 6.66. The molecule has 0 saturated heterocycles. The number of halogens is 1. The normalized spacial score (nSPS) is 15.4. The fourth-order valence-electron chi connectivity index (χ4n) is 6.62. The zero-order valence-corrected chi connectivity index (χ0v) is 25.6. The maximum atomic E-state index is 14.1. The molecule has 1 N–H and O–H groups in total. The van der Waals surface area contributed by atoms with Crippen LogP contribution in [0.2, 0.25) is 5.02 Å². The number of anilines is 1. The van der Waals surface area contributed by atoms with E-state index >= 15 is 0 Å². The first kappa shape index (κ1) is 29.9. The minimum absolute atomic E-state index is 0.0314. The van der Waals surface area contributed by atoms with Crippen LogP contribution in [-0.2, 0) is 22.6 Å². The quantitative estimate of drug-likeness (QED) is 0.194. The minimum Gasteiger partial charge on any atom is -0.352 e. The number of nitrogens with one attached hydrogen (secondary N) is 1. The molecular formula is C37H38ClN3O3. The summed E-state index contributed by atoms with van der Waals surface area (Å²) >= 11 is 6.17. The molecule has 3 amide bonds. The summed E-state index contributed by atoms with van der Waals surface area (Å²) in [5.41, 5.74) is 3.50. The van der Waals surface area contributed by atoms with E-state index in [0.29, 0.717) is 36.5 Å². The Hall–Kier alpha value is -4.16. The molecule has 0 radical (unpaired) electrons. The number of nitrogens with zero attached hydrogens (tertiary/aromatic N) is 2. The van der Waals surface area contributed by atoms with Gasteiger partial charge in [-0.1, -0.05) is 97.6 Å². The lowest BCUT2D eigenvalue weighted by Crippen LogP contribution is -2.52. The second-order valence-corrected chi connectivity index (χ2v) is 12.4. The van der Waals surface area contributed by atoms with Crippen LogP contribution in [0.4, 0.5) is 5.69 Å². The number of carbonyl (C=O) groups excluding carboxylic acids is 3. The number of hydrogen-bond donors (Lipinski definition) is 1. The van der Waals surface area contributed by atoms with Gasteiger partial charge >= 0.3 is 0 Å². The predicted octanol–water partition coefficient (Wildman–Crippen LogP) is 7.32. The van der Waals surface area contributed by atoms with Gasteiger partial charge in [-0.2, -0.15) is 0 Å². The Balaban J connectivity index is 1.23. The maximum Gasteiger partial charge on any atom is 0.258 e. The highest BCUT2D eigenvalue weighted by Crippen LogP contribution is 2.37. The highest BCUT2D eigenvalue weighted by atomic mass is 35.5. The van der Waals surface area contributed by atoms with E-state index in [2.05, 4.69) is 5.32 Å². The van der Waals surface area contributed by atoms with Crippen molar-refractivity contribution in [2.24, 2.45) is 0 Å². The Labute approximate surface area is 264 Å². The van der Waals surface area contributed by atoms with E-state index in [0.717, 1.165) is 53.3 Å². The SMILES string of the molecule is O=C(NC1CCCCC1)C(Cc1ccccc1)N(Cc1ccc(Cl)cc1)C(=O)CCCN1C(=O)c2cccc3cccc1c23. The van der Waals surface area contributed by atoms with Crippen LogP contribution >= 0.6 is 11.6 Å². The fraction of sp³-hybridized carbons (Fsp3) is 0.324. The van der Waals surface area contributed by atoms with Crippen LogP contribution in [0.1, 0.15) is 66.4 Å². The van der Waals surface area contributed by atoms with Gasteiger partial charge in [0.1, 0.15) is 6.04 Å². The molecule has 1 fully saturated rings. The van der Waals surface area contributed by atoms with E-state index in [1.54, 1.807) is 9.80 Å². The predicted molar refractivity (Wildman–Crippen MR) is 176 cm³/mol. The molecule has 1 aliphatic carbocycles. The molecule has 0 bridgehead atoms. The van der Waals surface area contributed by atoms with Crippen molar-refractivity contribution < 1.29 is 14.4 Å². The Morgan fingerprint density at radius 2 is 1.59 bits per heavy atom. The largest absolute Gasteiger partial charge is 0.352 e. The standard InChI is InChI=1S/C37H38ClN3O3/c38-29-21-19-27(20-22-29)25-41(33(24-26-10-3-1-4-11-26)36(43)39-30-14-5-2-6-15-30)34(42)18-9-23-40-32-17-8-13-28-12-7-16-31(35(28)32)37(40)44/h1,3-4,7-8,10-13,16-17,19-22,30,33H,2,5-6,9,14-15,18,23-25H2,(H,39,43). The molecule has 6 nitrogen and oxygen atoms in total. The summed E-state index contributed by atoms with van der Waals surface area (Å²) in [5, 5.41) is 5.92. The zero-order chi connectivity index (χ0) is 30.5. The van der Waals surface area contributed by atoms with E-state index < -0.39 is 6.04 Å². The Morgan fingerprint density at radius 3 is 2.34 bits per heavy atom. The average Bonchev–Trinajstić information content (AvgIpc) is 3.32. The molecule has 1 atom stereocenters. The molecule has 4 aromatic rings. The van der Waals surface area contributed by atoms with Gasteiger partial charge in [0.2, 0.25) is 11.8 Å². The van der Waals surface area contributed by atoms with Gasteiger partial charge in [-0.25, -0.2) is 0 Å². The van der Waals surface area contributed by atoms with Gasteiger partial charge in [0, 0.05) is 47.9 Å². The second kappa shape index (κ2) is 13.6. The smallest absolute Gasteiger partial charge is 0.258 e. The Morgan fingerprint density at radius 1 is 0.864 bits per heavy atom. The molecular weight excluding hydrogens is 570 g/mol. The van der Waals surface area contributed by atoms with Crippen molar-refractivity contribution in [1.29, 1.82) is 0 Å². The van der Waals surface area contributed by atoms with Crippen LogP contribution in [0.15, 0.2) is 91.0 Å². The van der Waals surface area contributed by atoms with Gasteiger partial charge in [-0.3, -0.25) is 14.4 Å².